The molecule has 2 amide bonds. The average Bonchev–Trinajstić information content (AvgIpc) is 2.32. The first-order valence-electron chi connectivity index (χ1n) is 5.48. The summed E-state index contributed by atoms with van der Waals surface area (Å²) in [5, 5.41) is 12.3. The monoisotopic (exact) mass is 234 g/mol. The molecule has 0 bridgehead atoms. The Bertz CT molecular complexity index is 459. The molecule has 1 saturated heterocycles. The molecule has 0 saturated carbocycles. The fourth-order valence-electron chi connectivity index (χ4n) is 1.87. The van der Waals surface area contributed by atoms with E-state index in [4.69, 9.17) is 0 Å². The first-order valence-corrected chi connectivity index (χ1v) is 5.48. The molecule has 0 radical (unpaired) electrons. The van der Waals surface area contributed by atoms with Crippen LogP contribution in [0.4, 0.5) is 0 Å². The van der Waals surface area contributed by atoms with Crippen molar-refractivity contribution >= 4 is 11.8 Å². The van der Waals surface area contributed by atoms with Crippen LogP contribution in [0.1, 0.15) is 17.3 Å². The van der Waals surface area contributed by atoms with Crippen molar-refractivity contribution in [3.8, 4) is 5.75 Å². The topological polar surface area (TPSA) is 69.6 Å². The van der Waals surface area contributed by atoms with Gasteiger partial charge >= 0.3 is 0 Å². The Morgan fingerprint density at radius 1 is 1.47 bits per heavy atom. The van der Waals surface area contributed by atoms with Crippen LogP contribution in [0.15, 0.2) is 24.3 Å². The highest BCUT2D eigenvalue weighted by Crippen LogP contribution is 2.19. The normalized spacial score (nSPS) is 19.9. The van der Waals surface area contributed by atoms with E-state index >= 15 is 0 Å². The Kier molecular flexibility index (Phi) is 2.99. The quantitative estimate of drug-likeness (QED) is 0.736. The van der Waals surface area contributed by atoms with Gasteiger partial charge < -0.3 is 15.3 Å². The van der Waals surface area contributed by atoms with E-state index in [1.807, 2.05) is 0 Å². The summed E-state index contributed by atoms with van der Waals surface area (Å²) < 4.78 is 0. The second-order valence-corrected chi connectivity index (χ2v) is 3.98. The van der Waals surface area contributed by atoms with Gasteiger partial charge in [-0.05, 0) is 19.1 Å². The van der Waals surface area contributed by atoms with Crippen molar-refractivity contribution in [1.29, 1.82) is 0 Å². The number of phenols is 1. The molecular weight excluding hydrogens is 220 g/mol. The summed E-state index contributed by atoms with van der Waals surface area (Å²) in [4.78, 5) is 25.1. The second kappa shape index (κ2) is 4.45. The molecule has 0 spiro atoms. The van der Waals surface area contributed by atoms with Crippen molar-refractivity contribution in [1.82, 2.24) is 10.2 Å². The number of rotatable bonds is 1. The molecular formula is C12H14N2O3. The summed E-state index contributed by atoms with van der Waals surface area (Å²) >= 11 is 0. The summed E-state index contributed by atoms with van der Waals surface area (Å²) in [7, 11) is 0. The van der Waals surface area contributed by atoms with E-state index in [9.17, 15) is 14.7 Å². The molecule has 0 aliphatic carbocycles. The van der Waals surface area contributed by atoms with Crippen LogP contribution < -0.4 is 5.32 Å². The third-order valence-electron chi connectivity index (χ3n) is 2.89. The van der Waals surface area contributed by atoms with Gasteiger partial charge in [0.1, 0.15) is 11.8 Å². The van der Waals surface area contributed by atoms with Crippen LogP contribution in [-0.4, -0.2) is 41.0 Å². The lowest BCUT2D eigenvalue weighted by molar-refractivity contribution is -0.127. The lowest BCUT2D eigenvalue weighted by atomic mass is 10.1. The fourth-order valence-corrected chi connectivity index (χ4v) is 1.87. The second-order valence-electron chi connectivity index (χ2n) is 3.98. The van der Waals surface area contributed by atoms with Gasteiger partial charge in [0.2, 0.25) is 5.91 Å². The molecule has 5 heteroatoms. The van der Waals surface area contributed by atoms with Crippen molar-refractivity contribution in [3.63, 3.8) is 0 Å². The van der Waals surface area contributed by atoms with E-state index in [1.54, 1.807) is 25.1 Å². The van der Waals surface area contributed by atoms with Crippen LogP contribution >= 0.6 is 0 Å². The summed E-state index contributed by atoms with van der Waals surface area (Å²) in [5.41, 5.74) is 0.231. The molecule has 1 atom stereocenters. The summed E-state index contributed by atoms with van der Waals surface area (Å²) in [5.74, 6) is -0.541. The zero-order chi connectivity index (χ0) is 12.4. The molecule has 1 aromatic rings. The Labute approximate surface area is 99.0 Å². The number of benzene rings is 1. The van der Waals surface area contributed by atoms with E-state index in [1.165, 1.54) is 11.0 Å². The first kappa shape index (κ1) is 11.4. The lowest BCUT2D eigenvalue weighted by Gasteiger charge is -2.32. The van der Waals surface area contributed by atoms with Gasteiger partial charge in [-0.1, -0.05) is 12.1 Å². The van der Waals surface area contributed by atoms with Crippen molar-refractivity contribution in [2.24, 2.45) is 0 Å². The van der Waals surface area contributed by atoms with Crippen LogP contribution in [0.5, 0.6) is 5.75 Å². The zero-order valence-corrected chi connectivity index (χ0v) is 9.51. The molecule has 0 aromatic heterocycles. The maximum Gasteiger partial charge on any atom is 0.258 e. The molecule has 1 aliphatic rings. The van der Waals surface area contributed by atoms with Crippen LogP contribution in [0, 0.1) is 0 Å². The molecule has 17 heavy (non-hydrogen) atoms. The number of nitrogens with one attached hydrogen (secondary N) is 1. The predicted octanol–water partition coefficient (Wildman–Crippen LogP) is 0.353. The number of carbonyl (C=O) groups is 2. The van der Waals surface area contributed by atoms with E-state index in [0.717, 1.165) is 0 Å². The third-order valence-corrected chi connectivity index (χ3v) is 2.89. The molecule has 2 rings (SSSR count). The molecule has 1 aliphatic heterocycles. The number of hydrogen-bond acceptors (Lipinski definition) is 3. The Balaban J connectivity index is 2.26. The number of phenolic OH excluding ortho intramolecular Hbond substituents is 1. The molecule has 2 N–H and O–H groups in total. The van der Waals surface area contributed by atoms with Crippen LogP contribution in [0.25, 0.3) is 0 Å². The lowest BCUT2D eigenvalue weighted by Crippen LogP contribution is -2.55. The minimum absolute atomic E-state index is 0.0596. The highest BCUT2D eigenvalue weighted by Gasteiger charge is 2.30. The van der Waals surface area contributed by atoms with Gasteiger partial charge in [-0.25, -0.2) is 0 Å². The predicted molar refractivity (Wildman–Crippen MR) is 61.6 cm³/mol. The summed E-state index contributed by atoms with van der Waals surface area (Å²) in [6.45, 7) is 2.58. The fraction of sp³-hybridized carbons (Fsp3) is 0.333. The molecule has 1 aromatic carbocycles. The van der Waals surface area contributed by atoms with Gasteiger partial charge in [-0.2, -0.15) is 0 Å². The maximum absolute atomic E-state index is 12.2. The number of amides is 2. The summed E-state index contributed by atoms with van der Waals surface area (Å²) in [6.07, 6.45) is 0. The zero-order valence-electron chi connectivity index (χ0n) is 9.51. The van der Waals surface area contributed by atoms with E-state index in [-0.39, 0.29) is 23.1 Å². The number of piperazine rings is 1. The smallest absolute Gasteiger partial charge is 0.258 e. The first-order chi connectivity index (χ1) is 8.11. The van der Waals surface area contributed by atoms with Gasteiger partial charge in [-0.15, -0.1) is 0 Å². The molecule has 90 valence electrons. The largest absolute Gasteiger partial charge is 0.507 e. The van der Waals surface area contributed by atoms with E-state index in [2.05, 4.69) is 5.32 Å². The molecule has 1 fully saturated rings. The van der Waals surface area contributed by atoms with Gasteiger partial charge in [0.15, 0.2) is 0 Å². The minimum Gasteiger partial charge on any atom is -0.507 e. The highest BCUT2D eigenvalue weighted by molar-refractivity contribution is 5.99. The maximum atomic E-state index is 12.2. The average molecular weight is 234 g/mol. The molecule has 5 nitrogen and oxygen atoms in total. The number of nitrogens with zero attached hydrogens (tertiary/aromatic N) is 1. The van der Waals surface area contributed by atoms with Gasteiger partial charge in [-0.3, -0.25) is 9.59 Å². The van der Waals surface area contributed by atoms with E-state index < -0.39 is 6.04 Å². The number of para-hydroxylation sites is 1. The van der Waals surface area contributed by atoms with Gasteiger partial charge in [0.25, 0.3) is 5.91 Å². The van der Waals surface area contributed by atoms with Crippen molar-refractivity contribution in [2.75, 3.05) is 13.1 Å². The summed E-state index contributed by atoms with van der Waals surface area (Å²) in [6, 6.07) is 5.84. The van der Waals surface area contributed by atoms with Gasteiger partial charge in [0, 0.05) is 13.1 Å². The highest BCUT2D eigenvalue weighted by atomic mass is 16.3. The number of aromatic hydroxyl groups is 1. The van der Waals surface area contributed by atoms with Crippen LogP contribution in [0.2, 0.25) is 0 Å². The van der Waals surface area contributed by atoms with Crippen molar-refractivity contribution < 1.29 is 14.7 Å². The van der Waals surface area contributed by atoms with E-state index in [0.29, 0.717) is 13.1 Å². The Hall–Kier alpha value is -2.04. The number of carbonyl (C=O) groups excluding carboxylic acids is 2. The number of hydrogen-bond donors (Lipinski definition) is 2. The Morgan fingerprint density at radius 3 is 2.88 bits per heavy atom. The molecule has 1 unspecified atom stereocenters. The van der Waals surface area contributed by atoms with Crippen LogP contribution in [0.3, 0.4) is 0 Å². The van der Waals surface area contributed by atoms with Crippen LogP contribution in [-0.2, 0) is 4.79 Å². The molecule has 1 heterocycles. The SMILES string of the molecule is CC1C(=O)NCCN1C(=O)c1ccccc1O. The third kappa shape index (κ3) is 2.08. The minimum atomic E-state index is -0.504. The Morgan fingerprint density at radius 2 is 2.18 bits per heavy atom. The standard InChI is InChI=1S/C12H14N2O3/c1-8-11(16)13-6-7-14(8)12(17)9-4-2-3-5-10(9)15/h2-5,8,15H,6-7H2,1H3,(H,13,16). The van der Waals surface area contributed by atoms with Crippen molar-refractivity contribution in [2.45, 2.75) is 13.0 Å². The van der Waals surface area contributed by atoms with Gasteiger partial charge in [0.05, 0.1) is 5.56 Å². The van der Waals surface area contributed by atoms with Crippen molar-refractivity contribution in [3.05, 3.63) is 29.8 Å².